The van der Waals surface area contributed by atoms with Gasteiger partial charge in [-0.2, -0.15) is 0 Å². The van der Waals surface area contributed by atoms with E-state index in [9.17, 15) is 4.79 Å². The minimum atomic E-state index is 0.0483. The Morgan fingerprint density at radius 3 is 2.73 bits per heavy atom. The Labute approximate surface area is 130 Å². The lowest BCUT2D eigenvalue weighted by atomic mass is 10.1. The minimum Gasteiger partial charge on any atom is -0.497 e. The normalized spacial score (nSPS) is 12.0. The SMILES string of the molecule is CCC(C)C(=O)NCCc1coc(-c2ccc(OC)cc2)n1. The van der Waals surface area contributed by atoms with E-state index >= 15 is 0 Å². The Balaban J connectivity index is 1.89. The molecule has 0 fully saturated rings. The molecule has 118 valence electrons. The van der Waals surface area contributed by atoms with Crippen LogP contribution in [0.1, 0.15) is 26.0 Å². The predicted molar refractivity (Wildman–Crippen MR) is 84.7 cm³/mol. The average Bonchev–Trinajstić information content (AvgIpc) is 3.02. The summed E-state index contributed by atoms with van der Waals surface area (Å²) in [4.78, 5) is 16.1. The molecule has 1 N–H and O–H groups in total. The van der Waals surface area contributed by atoms with Crippen LogP contribution >= 0.6 is 0 Å². The zero-order valence-electron chi connectivity index (χ0n) is 13.3. The number of methoxy groups -OCH3 is 1. The van der Waals surface area contributed by atoms with Crippen molar-refractivity contribution in [2.45, 2.75) is 26.7 Å². The molecule has 1 unspecified atom stereocenters. The number of hydrogen-bond donors (Lipinski definition) is 1. The number of nitrogens with one attached hydrogen (secondary N) is 1. The molecule has 5 heteroatoms. The van der Waals surface area contributed by atoms with Crippen molar-refractivity contribution in [2.24, 2.45) is 5.92 Å². The molecule has 1 amide bonds. The van der Waals surface area contributed by atoms with Gasteiger partial charge < -0.3 is 14.5 Å². The van der Waals surface area contributed by atoms with E-state index in [4.69, 9.17) is 9.15 Å². The van der Waals surface area contributed by atoms with Crippen LogP contribution in [0.3, 0.4) is 0 Å². The highest BCUT2D eigenvalue weighted by Gasteiger charge is 2.10. The maximum absolute atomic E-state index is 11.7. The van der Waals surface area contributed by atoms with Crippen LogP contribution in [-0.2, 0) is 11.2 Å². The van der Waals surface area contributed by atoms with E-state index in [1.54, 1.807) is 13.4 Å². The second-order valence-corrected chi connectivity index (χ2v) is 5.22. The first-order chi connectivity index (χ1) is 10.6. The molecule has 0 bridgehead atoms. The number of hydrogen-bond acceptors (Lipinski definition) is 4. The predicted octanol–water partition coefficient (Wildman–Crippen LogP) is 3.06. The van der Waals surface area contributed by atoms with Crippen LogP contribution in [0.5, 0.6) is 5.75 Å². The summed E-state index contributed by atoms with van der Waals surface area (Å²) < 4.78 is 10.6. The van der Waals surface area contributed by atoms with Crippen LogP contribution in [0, 0.1) is 5.92 Å². The van der Waals surface area contributed by atoms with Crippen LogP contribution < -0.4 is 10.1 Å². The maximum Gasteiger partial charge on any atom is 0.226 e. The lowest BCUT2D eigenvalue weighted by Gasteiger charge is -2.08. The van der Waals surface area contributed by atoms with Crippen molar-refractivity contribution in [2.75, 3.05) is 13.7 Å². The number of carbonyl (C=O) groups excluding carboxylic acids is 1. The topological polar surface area (TPSA) is 64.4 Å². The zero-order valence-corrected chi connectivity index (χ0v) is 13.3. The fraction of sp³-hybridized carbons (Fsp3) is 0.412. The van der Waals surface area contributed by atoms with Crippen molar-refractivity contribution in [3.8, 4) is 17.2 Å². The van der Waals surface area contributed by atoms with Crippen LogP contribution in [0.4, 0.5) is 0 Å². The molecule has 0 spiro atoms. The molecular formula is C17H22N2O3. The van der Waals surface area contributed by atoms with Gasteiger partial charge in [-0.1, -0.05) is 13.8 Å². The third-order valence-corrected chi connectivity index (χ3v) is 3.63. The van der Waals surface area contributed by atoms with E-state index in [1.165, 1.54) is 0 Å². The Morgan fingerprint density at radius 1 is 1.36 bits per heavy atom. The number of oxazole rings is 1. The zero-order chi connectivity index (χ0) is 15.9. The van der Waals surface area contributed by atoms with Crippen LogP contribution in [0.2, 0.25) is 0 Å². The van der Waals surface area contributed by atoms with Crippen molar-refractivity contribution in [3.63, 3.8) is 0 Å². The van der Waals surface area contributed by atoms with Crippen molar-refractivity contribution < 1.29 is 13.9 Å². The summed E-state index contributed by atoms with van der Waals surface area (Å²) in [5.74, 6) is 1.50. The van der Waals surface area contributed by atoms with Crippen molar-refractivity contribution in [1.82, 2.24) is 10.3 Å². The first-order valence-corrected chi connectivity index (χ1v) is 7.50. The smallest absolute Gasteiger partial charge is 0.226 e. The van der Waals surface area contributed by atoms with Crippen LogP contribution in [-0.4, -0.2) is 24.5 Å². The molecule has 1 aromatic carbocycles. The minimum absolute atomic E-state index is 0.0483. The summed E-state index contributed by atoms with van der Waals surface area (Å²) in [6, 6.07) is 7.54. The highest BCUT2D eigenvalue weighted by atomic mass is 16.5. The number of nitrogens with zero attached hydrogens (tertiary/aromatic N) is 1. The second kappa shape index (κ2) is 7.64. The molecule has 1 aromatic heterocycles. The van der Waals surface area contributed by atoms with Crippen molar-refractivity contribution >= 4 is 5.91 Å². The first kappa shape index (κ1) is 16.1. The maximum atomic E-state index is 11.7. The molecule has 0 aliphatic rings. The molecule has 2 rings (SSSR count). The molecule has 0 radical (unpaired) electrons. The monoisotopic (exact) mass is 302 g/mol. The molecule has 0 saturated carbocycles. The number of amides is 1. The van der Waals surface area contributed by atoms with E-state index in [1.807, 2.05) is 38.1 Å². The number of ether oxygens (including phenoxy) is 1. The third kappa shape index (κ3) is 4.10. The first-order valence-electron chi connectivity index (χ1n) is 7.50. The van der Waals surface area contributed by atoms with E-state index in [0.717, 1.165) is 23.4 Å². The number of carbonyl (C=O) groups is 1. The summed E-state index contributed by atoms with van der Waals surface area (Å²) in [5, 5.41) is 2.91. The summed E-state index contributed by atoms with van der Waals surface area (Å²) in [5.41, 5.74) is 1.73. The van der Waals surface area contributed by atoms with Gasteiger partial charge >= 0.3 is 0 Å². The molecule has 5 nitrogen and oxygen atoms in total. The number of benzene rings is 1. The Kier molecular flexibility index (Phi) is 5.58. The number of aromatic nitrogens is 1. The summed E-state index contributed by atoms with van der Waals surface area (Å²) in [7, 11) is 1.63. The molecule has 0 aliphatic carbocycles. The standard InChI is InChI=1S/C17H22N2O3/c1-4-12(2)16(20)18-10-9-14-11-22-17(19-14)13-5-7-15(21-3)8-6-13/h5-8,11-12H,4,9-10H2,1-3H3,(H,18,20). The summed E-state index contributed by atoms with van der Waals surface area (Å²) >= 11 is 0. The highest BCUT2D eigenvalue weighted by molar-refractivity contribution is 5.78. The molecule has 0 saturated heterocycles. The molecule has 22 heavy (non-hydrogen) atoms. The average molecular weight is 302 g/mol. The van der Waals surface area contributed by atoms with E-state index in [-0.39, 0.29) is 11.8 Å². The summed E-state index contributed by atoms with van der Waals surface area (Å²) in [6.07, 6.45) is 3.13. The lowest BCUT2D eigenvalue weighted by molar-refractivity contribution is -0.124. The van der Waals surface area contributed by atoms with Gasteiger partial charge in [-0.3, -0.25) is 4.79 Å². The Bertz CT molecular complexity index is 605. The van der Waals surface area contributed by atoms with Crippen LogP contribution in [0.15, 0.2) is 34.9 Å². The quantitative estimate of drug-likeness (QED) is 0.853. The second-order valence-electron chi connectivity index (χ2n) is 5.22. The van der Waals surface area contributed by atoms with Gasteiger partial charge in [0.15, 0.2) is 0 Å². The molecule has 1 heterocycles. The molecule has 2 aromatic rings. The molecule has 1 atom stereocenters. The highest BCUT2D eigenvalue weighted by Crippen LogP contribution is 2.21. The van der Waals surface area contributed by atoms with Gasteiger partial charge in [0.05, 0.1) is 12.8 Å². The van der Waals surface area contributed by atoms with Gasteiger partial charge in [-0.15, -0.1) is 0 Å². The molecular weight excluding hydrogens is 280 g/mol. The Morgan fingerprint density at radius 2 is 2.09 bits per heavy atom. The van der Waals surface area contributed by atoms with E-state index in [2.05, 4.69) is 10.3 Å². The third-order valence-electron chi connectivity index (χ3n) is 3.63. The van der Waals surface area contributed by atoms with E-state index in [0.29, 0.717) is 18.9 Å². The lowest BCUT2D eigenvalue weighted by Crippen LogP contribution is -2.30. The van der Waals surface area contributed by atoms with Crippen molar-refractivity contribution in [1.29, 1.82) is 0 Å². The molecule has 0 aliphatic heterocycles. The number of rotatable bonds is 7. The van der Waals surface area contributed by atoms with Crippen LogP contribution in [0.25, 0.3) is 11.5 Å². The van der Waals surface area contributed by atoms with Gasteiger partial charge in [0.2, 0.25) is 11.8 Å². The van der Waals surface area contributed by atoms with Gasteiger partial charge in [0, 0.05) is 24.4 Å². The fourth-order valence-corrected chi connectivity index (χ4v) is 1.96. The summed E-state index contributed by atoms with van der Waals surface area (Å²) in [6.45, 7) is 4.49. The van der Waals surface area contributed by atoms with Gasteiger partial charge in [0.25, 0.3) is 0 Å². The fourth-order valence-electron chi connectivity index (χ4n) is 1.96. The largest absolute Gasteiger partial charge is 0.497 e. The Hall–Kier alpha value is -2.30. The van der Waals surface area contributed by atoms with E-state index < -0.39 is 0 Å². The van der Waals surface area contributed by atoms with Crippen molar-refractivity contribution in [3.05, 3.63) is 36.2 Å². The van der Waals surface area contributed by atoms with Gasteiger partial charge in [0.1, 0.15) is 12.0 Å². The van der Waals surface area contributed by atoms with Gasteiger partial charge in [-0.05, 0) is 30.7 Å². The van der Waals surface area contributed by atoms with Gasteiger partial charge in [-0.25, -0.2) is 4.98 Å².